The van der Waals surface area contributed by atoms with Crippen LogP contribution in [0.3, 0.4) is 0 Å². The van der Waals surface area contributed by atoms with Crippen LogP contribution in [0.2, 0.25) is 0 Å². The summed E-state index contributed by atoms with van der Waals surface area (Å²) in [5.74, 6) is -1.89. The lowest BCUT2D eigenvalue weighted by atomic mass is 9.98. The van der Waals surface area contributed by atoms with Gasteiger partial charge in [-0.05, 0) is 36.6 Å². The van der Waals surface area contributed by atoms with E-state index in [9.17, 15) is 14.4 Å². The highest BCUT2D eigenvalue weighted by atomic mass is 16.5. The smallest absolute Gasteiger partial charge is 0.341 e. The zero-order valence-corrected chi connectivity index (χ0v) is 18.8. The van der Waals surface area contributed by atoms with Crippen LogP contribution < -0.4 is 0 Å². The van der Waals surface area contributed by atoms with E-state index < -0.39 is 17.7 Å². The summed E-state index contributed by atoms with van der Waals surface area (Å²) in [6, 6.07) is 20.3. The van der Waals surface area contributed by atoms with E-state index in [0.29, 0.717) is 16.8 Å². The van der Waals surface area contributed by atoms with Crippen molar-refractivity contribution in [3.05, 3.63) is 100 Å². The second kappa shape index (κ2) is 8.74. The summed E-state index contributed by atoms with van der Waals surface area (Å²) in [7, 11) is 2.46. The van der Waals surface area contributed by atoms with Crippen LogP contribution in [0.25, 0.3) is 16.6 Å². The molecule has 0 saturated carbocycles. The predicted octanol–water partition coefficient (Wildman–Crippen LogP) is 5.03. The van der Waals surface area contributed by atoms with Crippen molar-refractivity contribution in [1.82, 2.24) is 4.40 Å². The normalized spacial score (nSPS) is 10.8. The Labute approximate surface area is 191 Å². The van der Waals surface area contributed by atoms with Crippen LogP contribution in [0.15, 0.2) is 66.7 Å². The van der Waals surface area contributed by atoms with Crippen molar-refractivity contribution in [3.8, 4) is 11.1 Å². The van der Waals surface area contributed by atoms with Crippen LogP contribution in [0.5, 0.6) is 0 Å². The highest BCUT2D eigenvalue weighted by Crippen LogP contribution is 2.36. The number of esters is 2. The number of aryl methyl sites for hydroxylation is 2. The number of carbonyl (C=O) groups excluding carboxylic acids is 3. The predicted molar refractivity (Wildman–Crippen MR) is 125 cm³/mol. The Morgan fingerprint density at radius 3 is 1.88 bits per heavy atom. The number of benzene rings is 2. The summed E-state index contributed by atoms with van der Waals surface area (Å²) in [5, 5.41) is 0. The van der Waals surface area contributed by atoms with E-state index >= 15 is 0 Å². The van der Waals surface area contributed by atoms with Gasteiger partial charge in [-0.1, -0.05) is 60.7 Å². The van der Waals surface area contributed by atoms with E-state index in [1.54, 1.807) is 34.7 Å². The highest BCUT2D eigenvalue weighted by molar-refractivity contribution is 6.20. The van der Waals surface area contributed by atoms with Crippen molar-refractivity contribution in [2.24, 2.45) is 0 Å². The number of nitrogens with zero attached hydrogens (tertiary/aromatic N) is 1. The van der Waals surface area contributed by atoms with Gasteiger partial charge in [-0.3, -0.25) is 4.79 Å². The number of carbonyl (C=O) groups is 3. The van der Waals surface area contributed by atoms with Crippen molar-refractivity contribution < 1.29 is 23.9 Å². The first-order valence-corrected chi connectivity index (χ1v) is 10.4. The summed E-state index contributed by atoms with van der Waals surface area (Å²) in [4.78, 5) is 39.6. The zero-order valence-electron chi connectivity index (χ0n) is 18.8. The number of ether oxygens (including phenoxy) is 2. The molecule has 2 aromatic carbocycles. The summed E-state index contributed by atoms with van der Waals surface area (Å²) in [6.07, 6.45) is 0. The van der Waals surface area contributed by atoms with Crippen LogP contribution >= 0.6 is 0 Å². The first-order valence-electron chi connectivity index (χ1n) is 10.4. The van der Waals surface area contributed by atoms with Gasteiger partial charge < -0.3 is 13.9 Å². The van der Waals surface area contributed by atoms with Gasteiger partial charge in [-0.15, -0.1) is 0 Å². The zero-order chi connectivity index (χ0) is 23.7. The highest BCUT2D eigenvalue weighted by Gasteiger charge is 2.35. The van der Waals surface area contributed by atoms with Gasteiger partial charge in [0.2, 0.25) is 5.78 Å². The second-order valence-electron chi connectivity index (χ2n) is 7.65. The van der Waals surface area contributed by atoms with Crippen LogP contribution in [-0.2, 0) is 9.47 Å². The molecule has 0 N–H and O–H groups in total. The number of ketones is 1. The molecule has 0 saturated heterocycles. The standard InChI is InChI=1S/C27H23NO5/c1-16-15-20(18-11-7-5-8-12-18)17(2)23-21(26(30)32-3)22(27(31)33-4)24(28(16)23)25(29)19-13-9-6-10-14-19/h5-15H,1-4H3. The molecule has 2 heterocycles. The van der Waals surface area contributed by atoms with Gasteiger partial charge in [-0.25, -0.2) is 9.59 Å². The fourth-order valence-electron chi connectivity index (χ4n) is 4.25. The van der Waals surface area contributed by atoms with Gasteiger partial charge in [0.15, 0.2) is 0 Å². The number of pyridine rings is 1. The first-order chi connectivity index (χ1) is 15.9. The number of rotatable bonds is 5. The third-order valence-electron chi connectivity index (χ3n) is 5.75. The van der Waals surface area contributed by atoms with Gasteiger partial charge in [0.1, 0.15) is 16.8 Å². The van der Waals surface area contributed by atoms with Crippen LogP contribution in [-0.4, -0.2) is 36.3 Å². The molecule has 0 fully saturated rings. The first kappa shape index (κ1) is 22.0. The Kier molecular flexibility index (Phi) is 5.84. The van der Waals surface area contributed by atoms with Gasteiger partial charge in [-0.2, -0.15) is 0 Å². The Morgan fingerprint density at radius 2 is 1.30 bits per heavy atom. The quantitative estimate of drug-likeness (QED) is 0.321. The summed E-state index contributed by atoms with van der Waals surface area (Å²) in [6.45, 7) is 3.70. The molecule has 6 heteroatoms. The van der Waals surface area contributed by atoms with Gasteiger partial charge in [0, 0.05) is 11.3 Å². The minimum absolute atomic E-state index is 0.0158. The number of hydrogen-bond donors (Lipinski definition) is 0. The van der Waals surface area contributed by atoms with E-state index in [-0.39, 0.29) is 16.8 Å². The van der Waals surface area contributed by atoms with Crippen molar-refractivity contribution in [2.75, 3.05) is 14.2 Å². The molecular formula is C27H23NO5. The molecule has 2 aromatic heterocycles. The van der Waals surface area contributed by atoms with Gasteiger partial charge >= 0.3 is 11.9 Å². The molecule has 6 nitrogen and oxygen atoms in total. The molecule has 33 heavy (non-hydrogen) atoms. The molecule has 0 amide bonds. The van der Waals surface area contributed by atoms with Crippen molar-refractivity contribution in [3.63, 3.8) is 0 Å². The number of fused-ring (bicyclic) bond motifs is 1. The Morgan fingerprint density at radius 1 is 0.758 bits per heavy atom. The molecule has 0 aliphatic carbocycles. The number of methoxy groups -OCH3 is 2. The molecule has 166 valence electrons. The third kappa shape index (κ3) is 3.59. The van der Waals surface area contributed by atoms with Crippen molar-refractivity contribution in [1.29, 1.82) is 0 Å². The average molecular weight is 441 g/mol. The number of aromatic nitrogens is 1. The maximum atomic E-state index is 13.7. The van der Waals surface area contributed by atoms with Gasteiger partial charge in [0.25, 0.3) is 0 Å². The van der Waals surface area contributed by atoms with Crippen LogP contribution in [0.1, 0.15) is 48.0 Å². The topological polar surface area (TPSA) is 74.1 Å². The lowest BCUT2D eigenvalue weighted by molar-refractivity contribution is 0.0556. The average Bonchev–Trinajstić information content (AvgIpc) is 3.23. The molecule has 4 rings (SSSR count). The van der Waals surface area contributed by atoms with Crippen molar-refractivity contribution >= 4 is 23.2 Å². The fourth-order valence-corrected chi connectivity index (χ4v) is 4.25. The van der Waals surface area contributed by atoms with Crippen LogP contribution in [0, 0.1) is 13.8 Å². The lowest BCUT2D eigenvalue weighted by Crippen LogP contribution is -2.15. The van der Waals surface area contributed by atoms with Crippen LogP contribution in [0.4, 0.5) is 0 Å². The Hall–Kier alpha value is -4.19. The van der Waals surface area contributed by atoms with Gasteiger partial charge in [0.05, 0.1) is 19.7 Å². The SMILES string of the molecule is COC(=O)c1c(C(=O)OC)c2c(C)c(-c3ccccc3)cc(C)n2c1C(=O)c1ccccc1. The number of hydrogen-bond acceptors (Lipinski definition) is 5. The second-order valence-corrected chi connectivity index (χ2v) is 7.65. The van der Waals surface area contributed by atoms with Crippen molar-refractivity contribution in [2.45, 2.75) is 13.8 Å². The Bertz CT molecular complexity index is 1390. The molecule has 0 aliphatic rings. The Balaban J connectivity index is 2.19. The van der Waals surface area contributed by atoms with E-state index in [1.165, 1.54) is 14.2 Å². The monoisotopic (exact) mass is 441 g/mol. The fraction of sp³-hybridized carbons (Fsp3) is 0.148. The maximum Gasteiger partial charge on any atom is 0.341 e. The summed E-state index contributed by atoms with van der Waals surface area (Å²) in [5.41, 5.74) is 4.09. The molecular weight excluding hydrogens is 418 g/mol. The molecule has 0 radical (unpaired) electrons. The van der Waals surface area contributed by atoms with E-state index in [4.69, 9.17) is 9.47 Å². The molecule has 0 aliphatic heterocycles. The summed E-state index contributed by atoms with van der Waals surface area (Å²) < 4.78 is 11.7. The molecule has 0 spiro atoms. The lowest BCUT2D eigenvalue weighted by Gasteiger charge is -2.14. The molecule has 0 atom stereocenters. The summed E-state index contributed by atoms with van der Waals surface area (Å²) >= 11 is 0. The molecule has 4 aromatic rings. The van der Waals surface area contributed by atoms with E-state index in [0.717, 1.165) is 16.7 Å². The largest absolute Gasteiger partial charge is 0.465 e. The van der Waals surface area contributed by atoms with E-state index in [2.05, 4.69) is 0 Å². The molecule has 0 unspecified atom stereocenters. The minimum Gasteiger partial charge on any atom is -0.465 e. The maximum absolute atomic E-state index is 13.7. The molecule has 0 bridgehead atoms. The third-order valence-corrected chi connectivity index (χ3v) is 5.75. The minimum atomic E-state index is -0.779. The van der Waals surface area contributed by atoms with E-state index in [1.807, 2.05) is 50.2 Å².